The van der Waals surface area contributed by atoms with Crippen molar-refractivity contribution in [1.82, 2.24) is 0 Å². The topological polar surface area (TPSA) is 65.8 Å². The highest BCUT2D eigenvalue weighted by molar-refractivity contribution is 7.18. The number of para-hydroxylation sites is 1. The van der Waals surface area contributed by atoms with E-state index in [1.165, 1.54) is 20.8 Å². The zero-order valence-corrected chi connectivity index (χ0v) is 16.6. The molecule has 3 aromatic rings. The average Bonchev–Trinajstić information content (AvgIpc) is 3.00. The Bertz CT molecular complexity index is 925. The van der Waals surface area contributed by atoms with Gasteiger partial charge < -0.3 is 11.1 Å². The molecule has 0 saturated heterocycles. The Balaban J connectivity index is 1.52. The van der Waals surface area contributed by atoms with E-state index in [-0.39, 0.29) is 5.84 Å². The lowest BCUT2D eigenvalue weighted by Gasteiger charge is -2.06. The second-order valence-corrected chi connectivity index (χ2v) is 7.75. The fourth-order valence-corrected chi connectivity index (χ4v) is 4.05. The summed E-state index contributed by atoms with van der Waals surface area (Å²) >= 11 is 1.81. The third-order valence-corrected chi connectivity index (χ3v) is 5.74. The van der Waals surface area contributed by atoms with Gasteiger partial charge in [0, 0.05) is 30.8 Å². The fourth-order valence-electron chi connectivity index (χ4n) is 3.00. The third kappa shape index (κ3) is 5.41. The number of nitrogens with two attached hydrogens (primary N) is 1. The van der Waals surface area contributed by atoms with Crippen LogP contribution in [-0.2, 0) is 7.05 Å². The van der Waals surface area contributed by atoms with Gasteiger partial charge in [-0.1, -0.05) is 42.0 Å². The maximum absolute atomic E-state index is 7.21. The standard InChI is InChI=1S/C22H26N4S/c1-26-19-7-4-5-8-20(19)27-22(26)15-12-17-10-13-18(14-11-17)25-16-6-2-3-9-21(23)24/h4-5,7-8,10-15H,2-3,6,9,16H2,1H3,(H3,23,24)/p+1. The van der Waals surface area contributed by atoms with Gasteiger partial charge in [0.1, 0.15) is 11.7 Å². The summed E-state index contributed by atoms with van der Waals surface area (Å²) in [6.07, 6.45) is 8.24. The summed E-state index contributed by atoms with van der Waals surface area (Å²) in [6, 6.07) is 17.0. The van der Waals surface area contributed by atoms with Gasteiger partial charge in [0.05, 0.1) is 5.84 Å². The van der Waals surface area contributed by atoms with Crippen molar-refractivity contribution in [1.29, 1.82) is 5.41 Å². The fraction of sp³-hybridized carbons (Fsp3) is 0.273. The monoisotopic (exact) mass is 379 g/mol. The molecule has 0 fully saturated rings. The van der Waals surface area contributed by atoms with Crippen molar-refractivity contribution in [3.63, 3.8) is 0 Å². The number of amidine groups is 1. The molecular weight excluding hydrogens is 352 g/mol. The molecule has 0 amide bonds. The number of unbranched alkanes of at least 4 members (excludes halogenated alkanes) is 2. The van der Waals surface area contributed by atoms with E-state index in [0.717, 1.165) is 31.5 Å². The third-order valence-electron chi connectivity index (χ3n) is 4.55. The molecule has 140 valence electrons. The normalized spacial score (nSPS) is 11.3. The number of nitrogens with one attached hydrogen (secondary N) is 2. The van der Waals surface area contributed by atoms with Gasteiger partial charge >= 0.3 is 0 Å². The van der Waals surface area contributed by atoms with E-state index < -0.39 is 0 Å². The number of hydrogen-bond donors (Lipinski definition) is 3. The van der Waals surface area contributed by atoms with Crippen LogP contribution in [0.2, 0.25) is 0 Å². The lowest BCUT2D eigenvalue weighted by Crippen LogP contribution is -2.28. The second kappa shape index (κ2) is 9.33. The number of hydrogen-bond acceptors (Lipinski definition) is 3. The van der Waals surface area contributed by atoms with Crippen molar-refractivity contribution in [2.45, 2.75) is 25.7 Å². The minimum Gasteiger partial charge on any atom is -0.388 e. The number of rotatable bonds is 9. The molecule has 0 unspecified atom stereocenters. The maximum Gasteiger partial charge on any atom is 0.262 e. The van der Waals surface area contributed by atoms with Gasteiger partial charge in [-0.15, -0.1) is 0 Å². The molecule has 0 saturated carbocycles. The van der Waals surface area contributed by atoms with Crippen molar-refractivity contribution < 1.29 is 4.57 Å². The van der Waals surface area contributed by atoms with Gasteiger partial charge in [-0.25, -0.2) is 0 Å². The molecule has 1 heterocycles. The molecule has 27 heavy (non-hydrogen) atoms. The van der Waals surface area contributed by atoms with Gasteiger partial charge in [-0.2, -0.15) is 4.57 Å². The summed E-state index contributed by atoms with van der Waals surface area (Å²) in [6.45, 7) is 0.949. The predicted molar refractivity (Wildman–Crippen MR) is 117 cm³/mol. The first-order chi connectivity index (χ1) is 13.1. The first-order valence-electron chi connectivity index (χ1n) is 9.36. The first kappa shape index (κ1) is 19.1. The van der Waals surface area contributed by atoms with Gasteiger partial charge in [0.15, 0.2) is 0 Å². The average molecular weight is 380 g/mol. The Labute approximate surface area is 164 Å². The summed E-state index contributed by atoms with van der Waals surface area (Å²) in [7, 11) is 2.11. The molecule has 2 aromatic carbocycles. The summed E-state index contributed by atoms with van der Waals surface area (Å²) < 4.78 is 3.54. The highest BCUT2D eigenvalue weighted by atomic mass is 32.1. The number of aromatic nitrogens is 1. The molecule has 0 aliphatic rings. The molecule has 0 radical (unpaired) electrons. The Morgan fingerprint density at radius 1 is 1.07 bits per heavy atom. The van der Waals surface area contributed by atoms with Crippen LogP contribution >= 0.6 is 11.3 Å². The Morgan fingerprint density at radius 3 is 2.59 bits per heavy atom. The lowest BCUT2D eigenvalue weighted by atomic mass is 10.1. The maximum atomic E-state index is 7.21. The molecule has 0 spiro atoms. The van der Waals surface area contributed by atoms with Crippen LogP contribution in [0.5, 0.6) is 0 Å². The quantitative estimate of drug-likeness (QED) is 0.216. The smallest absolute Gasteiger partial charge is 0.262 e. The zero-order chi connectivity index (χ0) is 19.1. The summed E-state index contributed by atoms with van der Waals surface area (Å²) in [4.78, 5) is 0. The highest BCUT2D eigenvalue weighted by Gasteiger charge is 2.13. The molecule has 0 bridgehead atoms. The van der Waals surface area contributed by atoms with Crippen LogP contribution < -0.4 is 15.6 Å². The number of thiazole rings is 1. The molecule has 4 nitrogen and oxygen atoms in total. The van der Waals surface area contributed by atoms with Crippen LogP contribution in [0.15, 0.2) is 48.5 Å². The minimum atomic E-state index is 0.288. The zero-order valence-electron chi connectivity index (χ0n) is 15.7. The predicted octanol–water partition coefficient (Wildman–Crippen LogP) is 4.80. The number of fused-ring (bicyclic) bond motifs is 1. The summed E-state index contributed by atoms with van der Waals surface area (Å²) in [5.74, 6) is 0.288. The number of anilines is 1. The van der Waals surface area contributed by atoms with Crippen LogP contribution in [0.25, 0.3) is 22.4 Å². The first-order valence-corrected chi connectivity index (χ1v) is 10.2. The van der Waals surface area contributed by atoms with E-state index >= 15 is 0 Å². The largest absolute Gasteiger partial charge is 0.388 e. The lowest BCUT2D eigenvalue weighted by molar-refractivity contribution is -0.642. The SMILES string of the molecule is C[n+]1c(C=Cc2ccc(NCCCCCC(=N)N)cc2)sc2ccccc21. The van der Waals surface area contributed by atoms with Crippen molar-refractivity contribution in [2.24, 2.45) is 12.8 Å². The van der Waals surface area contributed by atoms with E-state index in [9.17, 15) is 0 Å². The molecule has 3 rings (SSSR count). The van der Waals surface area contributed by atoms with Gasteiger partial charge in [0.25, 0.3) is 5.01 Å². The minimum absolute atomic E-state index is 0.288. The Kier molecular flexibility index (Phi) is 6.60. The van der Waals surface area contributed by atoms with E-state index in [1.54, 1.807) is 0 Å². The van der Waals surface area contributed by atoms with Crippen LogP contribution in [0.1, 0.15) is 36.3 Å². The van der Waals surface area contributed by atoms with E-state index in [0.29, 0.717) is 6.42 Å². The van der Waals surface area contributed by atoms with Gasteiger partial charge in [-0.05, 0) is 42.7 Å². The molecular formula is C22H27N4S+. The highest BCUT2D eigenvalue weighted by Crippen LogP contribution is 2.21. The molecule has 0 atom stereocenters. The van der Waals surface area contributed by atoms with Crippen LogP contribution in [0.3, 0.4) is 0 Å². The van der Waals surface area contributed by atoms with Crippen molar-refractivity contribution in [2.75, 3.05) is 11.9 Å². The van der Waals surface area contributed by atoms with Gasteiger partial charge in [-0.3, -0.25) is 5.41 Å². The van der Waals surface area contributed by atoms with Crippen molar-refractivity contribution in [3.8, 4) is 0 Å². The summed E-state index contributed by atoms with van der Waals surface area (Å²) in [5, 5.41) is 11.9. The molecule has 5 heteroatoms. The number of benzene rings is 2. The van der Waals surface area contributed by atoms with Crippen molar-refractivity contribution in [3.05, 3.63) is 59.1 Å². The van der Waals surface area contributed by atoms with Crippen molar-refractivity contribution >= 4 is 45.2 Å². The molecule has 1 aromatic heterocycles. The van der Waals surface area contributed by atoms with Crippen LogP contribution in [0.4, 0.5) is 5.69 Å². The van der Waals surface area contributed by atoms with Gasteiger partial charge in [0.2, 0.25) is 5.52 Å². The van der Waals surface area contributed by atoms with Crippen LogP contribution in [-0.4, -0.2) is 12.4 Å². The summed E-state index contributed by atoms with van der Waals surface area (Å²) in [5.41, 5.74) is 8.97. The van der Waals surface area contributed by atoms with E-state index in [2.05, 4.69) is 77.6 Å². The number of nitrogens with zero attached hydrogens (tertiary/aromatic N) is 1. The Morgan fingerprint density at radius 2 is 1.85 bits per heavy atom. The van der Waals surface area contributed by atoms with Crippen LogP contribution in [0, 0.1) is 5.41 Å². The molecule has 0 aliphatic carbocycles. The van der Waals surface area contributed by atoms with E-state index in [1.807, 2.05) is 11.3 Å². The Hall–Kier alpha value is -2.66. The number of aryl methyl sites for hydroxylation is 1. The second-order valence-electron chi connectivity index (χ2n) is 6.69. The molecule has 0 aliphatic heterocycles. The van der Waals surface area contributed by atoms with E-state index in [4.69, 9.17) is 11.1 Å². The molecule has 4 N–H and O–H groups in total.